The Morgan fingerprint density at radius 3 is 2.67 bits per heavy atom. The molecular formula is C14H15N5O6S2. The van der Waals surface area contributed by atoms with Gasteiger partial charge in [-0.05, 0) is 19.1 Å². The third-order valence-corrected chi connectivity index (χ3v) is 6.12. The van der Waals surface area contributed by atoms with Crippen molar-refractivity contribution in [1.82, 2.24) is 19.7 Å². The van der Waals surface area contributed by atoms with Crippen molar-refractivity contribution in [2.24, 2.45) is 0 Å². The number of sulfonamides is 1. The third-order valence-electron chi connectivity index (χ3n) is 3.60. The number of pyridine rings is 1. The molecule has 13 heteroatoms. The van der Waals surface area contributed by atoms with Crippen LogP contribution in [-0.2, 0) is 26.3 Å². The van der Waals surface area contributed by atoms with Gasteiger partial charge in [-0.3, -0.25) is 5.32 Å². The maximum absolute atomic E-state index is 12.4. The second-order valence-electron chi connectivity index (χ2n) is 5.65. The summed E-state index contributed by atoms with van der Waals surface area (Å²) in [5.74, 6) is 0.183. The molecule has 0 bridgehead atoms. The topological polar surface area (TPSA) is 157 Å². The summed E-state index contributed by atoms with van der Waals surface area (Å²) >= 11 is 0. The van der Waals surface area contributed by atoms with Crippen LogP contribution in [0.25, 0.3) is 0 Å². The van der Waals surface area contributed by atoms with E-state index in [1.165, 1.54) is 6.07 Å². The van der Waals surface area contributed by atoms with E-state index < -0.39 is 35.8 Å². The van der Waals surface area contributed by atoms with Crippen molar-refractivity contribution in [3.8, 4) is 5.88 Å². The number of sulfone groups is 1. The Morgan fingerprint density at radius 2 is 1.96 bits per heavy atom. The van der Waals surface area contributed by atoms with Crippen molar-refractivity contribution in [1.29, 1.82) is 0 Å². The monoisotopic (exact) mass is 413 g/mol. The summed E-state index contributed by atoms with van der Waals surface area (Å²) in [6.07, 6.45) is 2.60. The zero-order chi connectivity index (χ0) is 19.8. The van der Waals surface area contributed by atoms with Crippen LogP contribution in [0.5, 0.6) is 5.88 Å². The summed E-state index contributed by atoms with van der Waals surface area (Å²) < 4.78 is 55.3. The van der Waals surface area contributed by atoms with E-state index in [0.29, 0.717) is 24.6 Å². The van der Waals surface area contributed by atoms with Crippen LogP contribution in [-0.4, -0.2) is 50.7 Å². The molecule has 144 valence electrons. The van der Waals surface area contributed by atoms with Crippen LogP contribution in [0.15, 0.2) is 28.3 Å². The van der Waals surface area contributed by atoms with Crippen LogP contribution >= 0.6 is 0 Å². The normalized spacial score (nSPS) is 13.6. The number of amides is 2. The minimum Gasteiger partial charge on any atom is -0.477 e. The van der Waals surface area contributed by atoms with Crippen LogP contribution in [0.3, 0.4) is 0 Å². The summed E-state index contributed by atoms with van der Waals surface area (Å²) in [5.41, 5.74) is 1.42. The number of nitrogens with zero attached hydrogens (tertiary/aromatic N) is 3. The van der Waals surface area contributed by atoms with Gasteiger partial charge in [0, 0.05) is 24.4 Å². The summed E-state index contributed by atoms with van der Waals surface area (Å²) in [7, 11) is -8.43. The van der Waals surface area contributed by atoms with Gasteiger partial charge in [0.25, 0.3) is 10.0 Å². The number of hydrogen-bond acceptors (Lipinski definition) is 9. The van der Waals surface area contributed by atoms with Crippen LogP contribution < -0.4 is 14.8 Å². The Morgan fingerprint density at radius 1 is 1.22 bits per heavy atom. The molecule has 2 N–H and O–H groups in total. The highest BCUT2D eigenvalue weighted by molar-refractivity contribution is 7.93. The molecule has 1 aliphatic heterocycles. The van der Waals surface area contributed by atoms with Crippen LogP contribution in [0.1, 0.15) is 11.3 Å². The predicted octanol–water partition coefficient (Wildman–Crippen LogP) is 0.0288. The lowest BCUT2D eigenvalue weighted by molar-refractivity contribution is 0.256. The first-order chi connectivity index (χ1) is 12.6. The maximum Gasteiger partial charge on any atom is 0.335 e. The largest absolute Gasteiger partial charge is 0.477 e. The van der Waals surface area contributed by atoms with Gasteiger partial charge in [0.05, 0.1) is 12.3 Å². The molecule has 11 nitrogen and oxygen atoms in total. The van der Waals surface area contributed by atoms with Crippen molar-refractivity contribution in [2.75, 3.05) is 18.2 Å². The zero-order valence-corrected chi connectivity index (χ0v) is 15.9. The number of ether oxygens (including phenoxy) is 1. The average Bonchev–Trinajstić information content (AvgIpc) is 3.02. The Balaban J connectivity index is 1.84. The lowest BCUT2D eigenvalue weighted by Gasteiger charge is -2.11. The Hall–Kier alpha value is -2.80. The van der Waals surface area contributed by atoms with E-state index in [1.807, 2.05) is 0 Å². The number of anilines is 1. The quantitative estimate of drug-likeness (QED) is 0.705. The summed E-state index contributed by atoms with van der Waals surface area (Å²) in [6, 6.07) is 1.12. The van der Waals surface area contributed by atoms with Gasteiger partial charge in [0.15, 0.2) is 14.9 Å². The molecule has 27 heavy (non-hydrogen) atoms. The molecule has 2 amide bonds. The van der Waals surface area contributed by atoms with Gasteiger partial charge in [-0.15, -0.1) is 0 Å². The van der Waals surface area contributed by atoms with E-state index in [0.717, 1.165) is 24.1 Å². The minimum absolute atomic E-state index is 0.143. The van der Waals surface area contributed by atoms with Crippen molar-refractivity contribution < 1.29 is 26.4 Å². The standard InChI is InChI=1S/C14H15N5O6S2/c1-8-9-5-7-25-11(9)17-13(16-8)18-14(20)19-27(23,24)10-4-3-6-15-12(10)26(2,21)22/h3-4,6H,5,7H2,1-2H3,(H2,16,17,18,19,20). The summed E-state index contributed by atoms with van der Waals surface area (Å²) in [6.45, 7) is 2.16. The number of carbonyl (C=O) groups is 1. The fourth-order valence-corrected chi connectivity index (χ4v) is 4.86. The summed E-state index contributed by atoms with van der Waals surface area (Å²) in [4.78, 5) is 23.1. The number of fused-ring (bicyclic) bond motifs is 1. The van der Waals surface area contributed by atoms with Gasteiger partial charge in [-0.2, -0.15) is 4.98 Å². The number of carbonyl (C=O) groups excluding carboxylic acids is 1. The lowest BCUT2D eigenvalue weighted by Crippen LogP contribution is -2.35. The predicted molar refractivity (Wildman–Crippen MR) is 92.7 cm³/mol. The van der Waals surface area contributed by atoms with Crippen molar-refractivity contribution in [3.05, 3.63) is 29.6 Å². The van der Waals surface area contributed by atoms with E-state index in [2.05, 4.69) is 20.3 Å². The highest BCUT2D eigenvalue weighted by Crippen LogP contribution is 2.26. The first-order valence-corrected chi connectivity index (χ1v) is 10.9. The van der Waals surface area contributed by atoms with Crippen molar-refractivity contribution in [3.63, 3.8) is 0 Å². The molecule has 0 saturated carbocycles. The number of rotatable bonds is 4. The van der Waals surface area contributed by atoms with Gasteiger partial charge in [-0.25, -0.2) is 36.3 Å². The molecule has 1 aliphatic rings. The number of aromatic nitrogens is 3. The second-order valence-corrected chi connectivity index (χ2v) is 9.24. The van der Waals surface area contributed by atoms with Crippen LogP contribution in [0.2, 0.25) is 0 Å². The fraction of sp³-hybridized carbons (Fsp3) is 0.286. The molecule has 0 atom stereocenters. The van der Waals surface area contributed by atoms with Crippen molar-refractivity contribution >= 4 is 31.8 Å². The van der Waals surface area contributed by atoms with Gasteiger partial charge in [-0.1, -0.05) is 0 Å². The van der Waals surface area contributed by atoms with E-state index in [4.69, 9.17) is 4.74 Å². The molecule has 0 aliphatic carbocycles. The van der Waals surface area contributed by atoms with Crippen LogP contribution in [0.4, 0.5) is 10.7 Å². The smallest absolute Gasteiger partial charge is 0.335 e. The SMILES string of the molecule is Cc1nc(NC(=O)NS(=O)(=O)c2cccnc2S(C)(=O)=O)nc2c1CCO2. The minimum atomic E-state index is -4.51. The summed E-state index contributed by atoms with van der Waals surface area (Å²) in [5, 5.41) is 1.53. The third kappa shape index (κ3) is 3.98. The molecule has 2 aromatic rings. The zero-order valence-electron chi connectivity index (χ0n) is 14.3. The van der Waals surface area contributed by atoms with Crippen LogP contribution in [0, 0.1) is 6.92 Å². The molecule has 0 saturated heterocycles. The lowest BCUT2D eigenvalue weighted by atomic mass is 10.2. The highest BCUT2D eigenvalue weighted by Gasteiger charge is 2.27. The van der Waals surface area contributed by atoms with E-state index in [-0.39, 0.29) is 5.95 Å². The molecule has 0 unspecified atom stereocenters. The number of aryl methyl sites for hydroxylation is 1. The van der Waals surface area contributed by atoms with E-state index in [9.17, 15) is 21.6 Å². The first-order valence-electron chi connectivity index (χ1n) is 7.57. The van der Waals surface area contributed by atoms with Gasteiger partial charge in [0.1, 0.15) is 4.90 Å². The highest BCUT2D eigenvalue weighted by atomic mass is 32.2. The molecule has 3 heterocycles. The molecule has 2 aromatic heterocycles. The molecule has 3 rings (SSSR count). The van der Waals surface area contributed by atoms with E-state index in [1.54, 1.807) is 11.6 Å². The maximum atomic E-state index is 12.4. The number of nitrogens with one attached hydrogen (secondary N) is 2. The Bertz CT molecular complexity index is 1130. The number of hydrogen-bond donors (Lipinski definition) is 2. The van der Waals surface area contributed by atoms with Gasteiger partial charge >= 0.3 is 6.03 Å². The average molecular weight is 413 g/mol. The van der Waals surface area contributed by atoms with Crippen molar-refractivity contribution in [2.45, 2.75) is 23.3 Å². The first kappa shape index (κ1) is 19.0. The number of urea groups is 1. The molecular weight excluding hydrogens is 398 g/mol. The molecule has 0 spiro atoms. The molecule has 0 aromatic carbocycles. The molecule has 0 fully saturated rings. The Kier molecular flexibility index (Phi) is 4.73. The van der Waals surface area contributed by atoms with Gasteiger partial charge in [0.2, 0.25) is 11.8 Å². The van der Waals surface area contributed by atoms with E-state index >= 15 is 0 Å². The van der Waals surface area contributed by atoms with Gasteiger partial charge < -0.3 is 4.74 Å². The Labute approximate surface area is 155 Å². The molecule has 0 radical (unpaired) electrons. The fourth-order valence-electron chi connectivity index (χ4n) is 2.45. The second kappa shape index (κ2) is 6.74.